The lowest BCUT2D eigenvalue weighted by molar-refractivity contribution is -0.132. The smallest absolute Gasteiger partial charge is 0.252 e. The predicted molar refractivity (Wildman–Crippen MR) is 157 cm³/mol. The molecule has 1 atom stereocenters. The summed E-state index contributed by atoms with van der Waals surface area (Å²) in [7, 11) is 0. The highest BCUT2D eigenvalue weighted by Crippen LogP contribution is 2.26. The van der Waals surface area contributed by atoms with Crippen LogP contribution in [0.1, 0.15) is 36.9 Å². The summed E-state index contributed by atoms with van der Waals surface area (Å²) in [6, 6.07) is 19.6. The Morgan fingerprint density at radius 1 is 0.923 bits per heavy atom. The zero-order valence-corrected chi connectivity index (χ0v) is 23.3. The summed E-state index contributed by atoms with van der Waals surface area (Å²) in [5.41, 5.74) is 2.76. The van der Waals surface area contributed by atoms with Crippen LogP contribution in [-0.4, -0.2) is 78.0 Å². The van der Waals surface area contributed by atoms with Crippen molar-refractivity contribution >= 4 is 29.1 Å². The molecule has 39 heavy (non-hydrogen) atoms. The molecule has 0 radical (unpaired) electrons. The maximum atomic E-state index is 13.4. The fourth-order valence-corrected chi connectivity index (χ4v) is 5.87. The minimum absolute atomic E-state index is 0.127. The number of nitrogens with zero attached hydrogens (tertiary/aromatic N) is 5. The number of para-hydroxylation sites is 1. The number of rotatable bonds is 7. The van der Waals surface area contributed by atoms with Gasteiger partial charge in [-0.1, -0.05) is 61.0 Å². The Labute approximate surface area is 235 Å². The SMILES string of the molecule is CCC(C(=O)N1CCCN(c2nc(CN3CCN(c4ccccc4Cl)CC3)cc(=O)[nH]2)CC1)c1ccccc1. The van der Waals surface area contributed by atoms with Crippen molar-refractivity contribution in [3.05, 3.63) is 87.3 Å². The summed E-state index contributed by atoms with van der Waals surface area (Å²) in [6.07, 6.45) is 1.60. The highest BCUT2D eigenvalue weighted by atomic mass is 35.5. The number of carbonyl (C=O) groups is 1. The summed E-state index contributed by atoms with van der Waals surface area (Å²) < 4.78 is 0. The normalized spacial score (nSPS) is 17.6. The highest BCUT2D eigenvalue weighted by Gasteiger charge is 2.27. The average molecular weight is 549 g/mol. The second-order valence-electron chi connectivity index (χ2n) is 10.3. The topological polar surface area (TPSA) is 75.8 Å². The van der Waals surface area contributed by atoms with Crippen LogP contribution in [0.15, 0.2) is 65.5 Å². The van der Waals surface area contributed by atoms with Gasteiger partial charge in [0.2, 0.25) is 11.9 Å². The van der Waals surface area contributed by atoms with Gasteiger partial charge in [-0.25, -0.2) is 4.98 Å². The van der Waals surface area contributed by atoms with Crippen molar-refractivity contribution in [1.29, 1.82) is 0 Å². The van der Waals surface area contributed by atoms with Crippen molar-refractivity contribution in [3.8, 4) is 0 Å². The van der Waals surface area contributed by atoms with Crippen LogP contribution in [0, 0.1) is 0 Å². The fraction of sp³-hybridized carbons (Fsp3) is 0.433. The highest BCUT2D eigenvalue weighted by molar-refractivity contribution is 6.33. The standard InChI is InChI=1S/C30H37ClN6O2/c1-2-25(23-9-4-3-5-10-23)29(39)36-13-8-14-37(20-19-36)30-32-24(21-28(38)33-30)22-34-15-17-35(18-16-34)27-12-7-6-11-26(27)31/h3-7,9-12,21,25H,2,8,13-20,22H2,1H3,(H,32,33,38). The lowest BCUT2D eigenvalue weighted by atomic mass is 9.95. The maximum absolute atomic E-state index is 13.4. The van der Waals surface area contributed by atoms with E-state index in [1.165, 1.54) is 0 Å². The number of piperazine rings is 1. The molecule has 5 rings (SSSR count). The molecular formula is C30H37ClN6O2. The molecule has 2 aromatic carbocycles. The predicted octanol–water partition coefficient (Wildman–Crippen LogP) is 3.98. The summed E-state index contributed by atoms with van der Waals surface area (Å²) in [5, 5.41) is 0.773. The Morgan fingerprint density at radius 3 is 2.38 bits per heavy atom. The molecule has 0 saturated carbocycles. The molecule has 3 aromatic rings. The second-order valence-corrected chi connectivity index (χ2v) is 10.7. The molecule has 0 aliphatic carbocycles. The van der Waals surface area contributed by atoms with Crippen molar-refractivity contribution < 1.29 is 4.79 Å². The minimum Gasteiger partial charge on any atom is -0.368 e. The maximum Gasteiger partial charge on any atom is 0.252 e. The first kappa shape index (κ1) is 27.2. The lowest BCUT2D eigenvalue weighted by Gasteiger charge is -2.36. The van der Waals surface area contributed by atoms with Gasteiger partial charge in [0.05, 0.1) is 22.3 Å². The van der Waals surface area contributed by atoms with E-state index in [-0.39, 0.29) is 17.4 Å². The first-order chi connectivity index (χ1) is 19.0. The molecule has 2 saturated heterocycles. The number of amides is 1. The van der Waals surface area contributed by atoms with Crippen LogP contribution in [0.2, 0.25) is 5.02 Å². The third kappa shape index (κ3) is 6.62. The number of nitrogens with one attached hydrogen (secondary N) is 1. The van der Waals surface area contributed by atoms with Crippen LogP contribution < -0.4 is 15.4 Å². The molecule has 206 valence electrons. The van der Waals surface area contributed by atoms with Crippen LogP contribution in [0.3, 0.4) is 0 Å². The number of aromatic nitrogens is 2. The number of hydrogen-bond donors (Lipinski definition) is 1. The molecule has 0 bridgehead atoms. The van der Waals surface area contributed by atoms with E-state index in [9.17, 15) is 9.59 Å². The Balaban J connectivity index is 1.20. The number of carbonyl (C=O) groups excluding carboxylic acids is 1. The van der Waals surface area contributed by atoms with Gasteiger partial charge in [0.25, 0.3) is 5.56 Å². The molecule has 1 unspecified atom stereocenters. The quantitative estimate of drug-likeness (QED) is 0.481. The molecule has 8 nitrogen and oxygen atoms in total. The van der Waals surface area contributed by atoms with E-state index in [0.29, 0.717) is 32.1 Å². The molecule has 2 fully saturated rings. The van der Waals surface area contributed by atoms with Gasteiger partial charge in [-0.05, 0) is 30.5 Å². The Hall–Kier alpha value is -3.36. The number of H-pyrrole nitrogens is 1. The molecule has 2 aliphatic rings. The van der Waals surface area contributed by atoms with E-state index >= 15 is 0 Å². The Morgan fingerprint density at radius 2 is 1.64 bits per heavy atom. The first-order valence-electron chi connectivity index (χ1n) is 13.9. The van der Waals surface area contributed by atoms with Crippen molar-refractivity contribution in [3.63, 3.8) is 0 Å². The van der Waals surface area contributed by atoms with Crippen LogP contribution >= 0.6 is 11.6 Å². The zero-order valence-electron chi connectivity index (χ0n) is 22.6. The molecule has 0 spiro atoms. The van der Waals surface area contributed by atoms with Gasteiger partial charge < -0.3 is 14.7 Å². The second kappa shape index (κ2) is 12.7. The summed E-state index contributed by atoms with van der Waals surface area (Å²) in [6.45, 7) is 8.88. The number of anilines is 2. The molecule has 1 N–H and O–H groups in total. The third-order valence-corrected chi connectivity index (χ3v) is 8.07. The van der Waals surface area contributed by atoms with E-state index in [2.05, 4.69) is 32.7 Å². The van der Waals surface area contributed by atoms with Crippen LogP contribution in [0.4, 0.5) is 11.6 Å². The molecular weight excluding hydrogens is 512 g/mol. The monoisotopic (exact) mass is 548 g/mol. The van der Waals surface area contributed by atoms with Gasteiger partial charge in [-0.15, -0.1) is 0 Å². The molecule has 9 heteroatoms. The van der Waals surface area contributed by atoms with Crippen LogP contribution in [0.5, 0.6) is 0 Å². The summed E-state index contributed by atoms with van der Waals surface area (Å²) >= 11 is 6.39. The van der Waals surface area contributed by atoms with Crippen LogP contribution in [0.25, 0.3) is 0 Å². The van der Waals surface area contributed by atoms with E-state index < -0.39 is 0 Å². The van der Waals surface area contributed by atoms with Crippen LogP contribution in [-0.2, 0) is 11.3 Å². The van der Waals surface area contributed by atoms with E-state index in [0.717, 1.165) is 67.5 Å². The molecule has 3 heterocycles. The summed E-state index contributed by atoms with van der Waals surface area (Å²) in [5.74, 6) is 0.644. The van der Waals surface area contributed by atoms with Crippen molar-refractivity contribution in [2.75, 3.05) is 62.2 Å². The van der Waals surface area contributed by atoms with E-state index in [1.54, 1.807) is 6.07 Å². The largest absolute Gasteiger partial charge is 0.368 e. The van der Waals surface area contributed by atoms with E-state index in [1.807, 2.05) is 53.4 Å². The zero-order chi connectivity index (χ0) is 27.2. The van der Waals surface area contributed by atoms with Gasteiger partial charge in [0.1, 0.15) is 0 Å². The number of hydrogen-bond acceptors (Lipinski definition) is 6. The lowest BCUT2D eigenvalue weighted by Crippen LogP contribution is -2.46. The Kier molecular flexibility index (Phi) is 8.84. The van der Waals surface area contributed by atoms with Gasteiger partial charge in [-0.3, -0.25) is 19.5 Å². The first-order valence-corrected chi connectivity index (χ1v) is 14.3. The number of aromatic amines is 1. The molecule has 2 aliphatic heterocycles. The molecule has 1 amide bonds. The average Bonchev–Trinajstić information content (AvgIpc) is 3.21. The van der Waals surface area contributed by atoms with Gasteiger partial charge in [0.15, 0.2) is 0 Å². The van der Waals surface area contributed by atoms with Gasteiger partial charge in [-0.2, -0.15) is 0 Å². The van der Waals surface area contributed by atoms with Crippen molar-refractivity contribution in [2.24, 2.45) is 0 Å². The number of benzene rings is 2. The van der Waals surface area contributed by atoms with Crippen molar-refractivity contribution in [1.82, 2.24) is 19.8 Å². The molecule has 1 aromatic heterocycles. The number of halogens is 1. The Bertz CT molecular complexity index is 1310. The van der Waals surface area contributed by atoms with Gasteiger partial charge >= 0.3 is 0 Å². The fourth-order valence-electron chi connectivity index (χ4n) is 5.62. The summed E-state index contributed by atoms with van der Waals surface area (Å²) in [4.78, 5) is 42.5. The van der Waals surface area contributed by atoms with Crippen molar-refractivity contribution in [2.45, 2.75) is 32.2 Å². The van der Waals surface area contributed by atoms with Gasteiger partial charge in [0, 0.05) is 65.0 Å². The third-order valence-electron chi connectivity index (χ3n) is 7.75. The minimum atomic E-state index is -0.142. The van der Waals surface area contributed by atoms with E-state index in [4.69, 9.17) is 16.6 Å².